The molecule has 0 saturated heterocycles. The molecule has 0 aromatic rings. The Bertz CT molecular complexity index is 94.9. The van der Waals surface area contributed by atoms with Gasteiger partial charge in [0.25, 0.3) is 0 Å². The fourth-order valence-corrected chi connectivity index (χ4v) is 0. The van der Waals surface area contributed by atoms with Crippen molar-refractivity contribution in [3.05, 3.63) is 0 Å². The van der Waals surface area contributed by atoms with Crippen LogP contribution in [0.3, 0.4) is 0 Å². The Hall–Kier alpha value is 1.27. The predicted molar refractivity (Wildman–Crippen MR) is 24.1 cm³/mol. The summed E-state index contributed by atoms with van der Waals surface area (Å²) in [5.41, 5.74) is 0. The zero-order valence-electron chi connectivity index (χ0n) is 3.20. The molecule has 0 aliphatic carbocycles. The Labute approximate surface area is 70.9 Å². The first kappa shape index (κ1) is 15.7. The van der Waals surface area contributed by atoms with Gasteiger partial charge in [-0.15, -0.1) is 0 Å². The molecule has 47 valence electrons. The summed E-state index contributed by atoms with van der Waals surface area (Å²) in [4.78, 5) is 0. The topological polar surface area (TPSA) is 74.6 Å². The molecule has 0 spiro atoms. The van der Waals surface area contributed by atoms with Gasteiger partial charge < -0.3 is 0 Å². The molecule has 7 heavy (non-hydrogen) atoms. The van der Waals surface area contributed by atoms with Crippen LogP contribution in [0.2, 0.25) is 0 Å². The monoisotopic (exact) mass is 365 g/mol. The van der Waals surface area contributed by atoms with Crippen LogP contribution in [0.1, 0.15) is 0 Å². The minimum Gasteiger partial charge on any atom is 0 e. The molecule has 0 aliphatic rings. The molecule has 0 heterocycles. The smallest absolute Gasteiger partial charge is 0 e. The van der Waals surface area contributed by atoms with E-state index in [1.807, 2.05) is 0 Å². The predicted octanol–water partition coefficient (Wildman–Crippen LogP) is -1.84. The van der Waals surface area contributed by atoms with Gasteiger partial charge in [0.15, 0.2) is 0 Å². The molecule has 0 bridgehead atoms. The van der Waals surface area contributed by atoms with Crippen LogP contribution in [-0.2, 0) is 27.5 Å². The fraction of sp³-hybridized carbons (Fsp3) is 0. The summed E-state index contributed by atoms with van der Waals surface area (Å²) >= 11 is 0. The van der Waals surface area contributed by atoms with Crippen LogP contribution < -0.4 is 0 Å². The third-order valence-electron chi connectivity index (χ3n) is 0. The molecule has 0 amide bonds. The van der Waals surface area contributed by atoms with Crippen molar-refractivity contribution in [2.24, 2.45) is 0 Å². The maximum atomic E-state index is 8.74. The molecule has 7 heteroatoms. The Balaban J connectivity index is -0.0000000800. The number of hydrogen-bond donors (Lipinski definition) is 2. The maximum Gasteiger partial charge on any atom is 0 e. The molecule has 0 saturated carbocycles. The van der Waals surface area contributed by atoms with Gasteiger partial charge in [0.2, 0.25) is 0 Å². The summed E-state index contributed by atoms with van der Waals surface area (Å²) in [7, 11) is -4.67. The van der Waals surface area contributed by atoms with Gasteiger partial charge >= 0.3 is 36.6 Å². The first-order chi connectivity index (χ1) is 2.00. The van der Waals surface area contributed by atoms with Gasteiger partial charge in [-0.3, -0.25) is 9.11 Å². The van der Waals surface area contributed by atoms with Crippen LogP contribution in [0.5, 0.6) is 0 Å². The van der Waals surface area contributed by atoms with Crippen molar-refractivity contribution in [1.82, 2.24) is 0 Å². The van der Waals surface area contributed by atoms with Crippen LogP contribution in [0.25, 0.3) is 0 Å². The second-order valence-corrected chi connectivity index (χ2v) is 1.34. The Morgan fingerprint density at radius 3 is 1.14 bits per heavy atom. The summed E-state index contributed by atoms with van der Waals surface area (Å²) in [6.07, 6.45) is 0. The number of hydrogen-bond acceptors (Lipinski definition) is 2. The summed E-state index contributed by atoms with van der Waals surface area (Å²) in [5.74, 6) is 0. The van der Waals surface area contributed by atoms with E-state index in [0.717, 1.165) is 0 Å². The van der Waals surface area contributed by atoms with Crippen molar-refractivity contribution in [3.63, 3.8) is 0 Å². The molecule has 4 nitrogen and oxygen atoms in total. The molecule has 0 unspecified atom stereocenters. The van der Waals surface area contributed by atoms with Crippen LogP contribution in [0.4, 0.5) is 0 Å². The van der Waals surface area contributed by atoms with E-state index in [0.29, 0.717) is 0 Å². The average molecular weight is 365 g/mol. The standard InChI is InChI=1S/Bi.Mn.H2O4S.3H/c;;1-5(2,3)4;;;/h;;(H2,1,2,3,4);;;. The van der Waals surface area contributed by atoms with Gasteiger partial charge in [-0.25, -0.2) is 0 Å². The number of rotatable bonds is 0. The normalized spacial score (nSPS) is 8.29. The molecule has 0 aromatic heterocycles. The van der Waals surface area contributed by atoms with E-state index in [4.69, 9.17) is 17.5 Å². The van der Waals surface area contributed by atoms with Gasteiger partial charge in [-0.05, 0) is 0 Å². The molecule has 0 aliphatic heterocycles. The average Bonchev–Trinajstić information content (AvgIpc) is 0.722. The van der Waals surface area contributed by atoms with Gasteiger partial charge in [0.1, 0.15) is 0 Å². The van der Waals surface area contributed by atoms with E-state index in [2.05, 4.69) is 0 Å². The van der Waals surface area contributed by atoms with E-state index in [9.17, 15) is 0 Å². The second kappa shape index (κ2) is 5.41. The summed E-state index contributed by atoms with van der Waals surface area (Å²) < 4.78 is 31.6. The first-order valence-corrected chi connectivity index (χ1v) is 2.10. The van der Waals surface area contributed by atoms with Crippen molar-refractivity contribution < 1.29 is 34.6 Å². The van der Waals surface area contributed by atoms with E-state index in [-0.39, 0.29) is 43.3 Å². The third kappa shape index (κ3) is 125. The van der Waals surface area contributed by atoms with E-state index >= 15 is 0 Å². The van der Waals surface area contributed by atoms with Crippen LogP contribution in [-0.4, -0.2) is 43.7 Å². The molecule has 1 radical (unpaired) electrons. The molecule has 0 atom stereocenters. The molecule has 0 aromatic carbocycles. The first-order valence-electron chi connectivity index (χ1n) is 0.698. The maximum absolute atomic E-state index is 8.74. The van der Waals surface area contributed by atoms with Crippen molar-refractivity contribution >= 4 is 36.6 Å². The Morgan fingerprint density at radius 2 is 1.14 bits per heavy atom. The largest absolute Gasteiger partial charge is 0 e. The fourth-order valence-electron chi connectivity index (χ4n) is 0. The third-order valence-corrected chi connectivity index (χ3v) is 0. The molecule has 2 N–H and O–H groups in total. The van der Waals surface area contributed by atoms with E-state index in [1.165, 1.54) is 0 Å². The van der Waals surface area contributed by atoms with Gasteiger partial charge in [-0.2, -0.15) is 8.42 Å². The second-order valence-electron chi connectivity index (χ2n) is 0.448. The summed E-state index contributed by atoms with van der Waals surface area (Å²) in [6, 6.07) is 0. The van der Waals surface area contributed by atoms with Crippen LogP contribution in [0.15, 0.2) is 0 Å². The SMILES string of the molecule is O=S(=O)(O)O.[BiH3].[Mn]. The molecular formula is H5BiMnO4S. The van der Waals surface area contributed by atoms with Crippen molar-refractivity contribution in [1.29, 1.82) is 0 Å². The van der Waals surface area contributed by atoms with Crippen molar-refractivity contribution in [3.8, 4) is 0 Å². The summed E-state index contributed by atoms with van der Waals surface area (Å²) in [5, 5.41) is 0. The zero-order valence-corrected chi connectivity index (χ0v) is 10.7. The zero-order chi connectivity index (χ0) is 4.50. The van der Waals surface area contributed by atoms with Crippen molar-refractivity contribution in [2.45, 2.75) is 0 Å². The minimum atomic E-state index is -4.67. The molecular weight excluding hydrogens is 360 g/mol. The molecule has 0 fully saturated rings. The molecule has 0 rings (SSSR count). The van der Waals surface area contributed by atoms with E-state index < -0.39 is 10.4 Å². The van der Waals surface area contributed by atoms with Gasteiger partial charge in [0.05, 0.1) is 0 Å². The summed E-state index contributed by atoms with van der Waals surface area (Å²) in [6.45, 7) is 0. The Kier molecular flexibility index (Phi) is 12.2. The van der Waals surface area contributed by atoms with Crippen LogP contribution in [0, 0.1) is 0 Å². The quantitative estimate of drug-likeness (QED) is 0.391. The van der Waals surface area contributed by atoms with Crippen LogP contribution >= 0.6 is 0 Å². The van der Waals surface area contributed by atoms with Gasteiger partial charge in [-0.1, -0.05) is 0 Å². The Morgan fingerprint density at radius 1 is 1.14 bits per heavy atom. The minimum absolute atomic E-state index is 0. The van der Waals surface area contributed by atoms with Crippen molar-refractivity contribution in [2.75, 3.05) is 0 Å². The van der Waals surface area contributed by atoms with Gasteiger partial charge in [0, 0.05) is 17.1 Å². The van der Waals surface area contributed by atoms with E-state index in [1.54, 1.807) is 0 Å².